The first-order valence-electron chi connectivity index (χ1n) is 9.85. The van der Waals surface area contributed by atoms with Crippen LogP contribution >= 0.6 is 0 Å². The van der Waals surface area contributed by atoms with Crippen LogP contribution in [0, 0.1) is 12.7 Å². The molecule has 0 saturated heterocycles. The second-order valence-electron chi connectivity index (χ2n) is 7.20. The van der Waals surface area contributed by atoms with Crippen molar-refractivity contribution in [3.8, 4) is 17.3 Å². The van der Waals surface area contributed by atoms with Gasteiger partial charge in [-0.15, -0.1) is 0 Å². The van der Waals surface area contributed by atoms with Gasteiger partial charge in [-0.2, -0.15) is 5.10 Å². The maximum atomic E-state index is 13.4. The highest BCUT2D eigenvalue weighted by molar-refractivity contribution is 6.01. The second kappa shape index (κ2) is 7.60. The number of hydrogen-bond donors (Lipinski definition) is 2. The second-order valence-corrected chi connectivity index (χ2v) is 7.20. The molecule has 1 atom stereocenters. The number of benzene rings is 3. The number of nitrogens with one attached hydrogen (secondary N) is 2. The van der Waals surface area contributed by atoms with Crippen LogP contribution in [0.25, 0.3) is 5.69 Å². The number of fused-ring (bicyclic) bond motifs is 1. The van der Waals surface area contributed by atoms with E-state index >= 15 is 0 Å². The lowest BCUT2D eigenvalue weighted by Gasteiger charge is -2.28. The van der Waals surface area contributed by atoms with Gasteiger partial charge in [0.05, 0.1) is 22.5 Å². The Bertz CT molecular complexity index is 1250. The Morgan fingerprint density at radius 3 is 2.42 bits per heavy atom. The maximum Gasteiger partial charge on any atom is 0.255 e. The zero-order valence-electron chi connectivity index (χ0n) is 16.7. The van der Waals surface area contributed by atoms with Crippen LogP contribution in [0.4, 0.5) is 10.1 Å². The Morgan fingerprint density at radius 1 is 0.935 bits per heavy atom. The van der Waals surface area contributed by atoms with Crippen molar-refractivity contribution >= 4 is 11.6 Å². The molecule has 0 saturated carbocycles. The molecule has 2 heterocycles. The van der Waals surface area contributed by atoms with Crippen molar-refractivity contribution in [1.82, 2.24) is 15.1 Å². The number of aryl methyl sites for hydroxylation is 1. The fourth-order valence-corrected chi connectivity index (χ4v) is 3.66. The van der Waals surface area contributed by atoms with Crippen molar-refractivity contribution in [2.45, 2.75) is 13.1 Å². The van der Waals surface area contributed by atoms with E-state index in [1.807, 2.05) is 55.5 Å². The maximum absolute atomic E-state index is 13.4. The average Bonchev–Trinajstić information content (AvgIpc) is 3.11. The Hall–Kier alpha value is -4.13. The molecule has 1 amide bonds. The molecule has 0 bridgehead atoms. The molecule has 2 N–H and O–H groups in total. The van der Waals surface area contributed by atoms with E-state index in [1.165, 1.54) is 12.1 Å². The largest absolute Gasteiger partial charge is 0.438 e. The van der Waals surface area contributed by atoms with Crippen LogP contribution < -0.4 is 15.4 Å². The summed E-state index contributed by atoms with van der Waals surface area (Å²) in [6.45, 7) is 1.86. The first-order valence-corrected chi connectivity index (χ1v) is 9.85. The number of carbonyl (C=O) groups is 1. The number of ether oxygens (including phenoxy) is 1. The summed E-state index contributed by atoms with van der Waals surface area (Å²) in [5.74, 6) is 0.367. The molecule has 154 valence electrons. The van der Waals surface area contributed by atoms with E-state index in [9.17, 15) is 9.18 Å². The highest BCUT2D eigenvalue weighted by Gasteiger charge is 2.31. The number of amides is 1. The molecule has 0 spiro atoms. The minimum Gasteiger partial charge on any atom is -0.438 e. The first kappa shape index (κ1) is 18.9. The Morgan fingerprint density at radius 2 is 1.65 bits per heavy atom. The third-order valence-electron chi connectivity index (χ3n) is 5.13. The highest BCUT2D eigenvalue weighted by Crippen LogP contribution is 2.37. The number of hydrogen-bond acceptors (Lipinski definition) is 4. The van der Waals surface area contributed by atoms with Gasteiger partial charge in [-0.05, 0) is 55.5 Å². The summed E-state index contributed by atoms with van der Waals surface area (Å²) in [4.78, 5) is 12.7. The highest BCUT2D eigenvalue weighted by atomic mass is 19.1. The van der Waals surface area contributed by atoms with Crippen molar-refractivity contribution < 1.29 is 13.9 Å². The number of halogens is 1. The fourth-order valence-electron chi connectivity index (χ4n) is 3.66. The van der Waals surface area contributed by atoms with Crippen molar-refractivity contribution in [3.05, 3.63) is 102 Å². The molecule has 1 unspecified atom stereocenters. The molecule has 7 heteroatoms. The molecule has 3 aromatic carbocycles. The zero-order chi connectivity index (χ0) is 21.4. The summed E-state index contributed by atoms with van der Waals surface area (Å²) in [5.41, 5.74) is 3.49. The van der Waals surface area contributed by atoms with Crippen molar-refractivity contribution in [2.24, 2.45) is 0 Å². The molecular weight excluding hydrogens is 395 g/mol. The lowest BCUT2D eigenvalue weighted by atomic mass is 10.1. The van der Waals surface area contributed by atoms with E-state index in [-0.39, 0.29) is 11.7 Å². The summed E-state index contributed by atoms with van der Waals surface area (Å²) in [5, 5.41) is 11.0. The Kier molecular flexibility index (Phi) is 4.63. The van der Waals surface area contributed by atoms with E-state index in [0.717, 1.165) is 11.4 Å². The Balaban J connectivity index is 1.62. The molecule has 0 radical (unpaired) electrons. The van der Waals surface area contributed by atoms with Crippen molar-refractivity contribution in [1.29, 1.82) is 0 Å². The van der Waals surface area contributed by atoms with Crippen LogP contribution in [0.3, 0.4) is 0 Å². The minimum absolute atomic E-state index is 0.182. The average molecular weight is 414 g/mol. The van der Waals surface area contributed by atoms with Gasteiger partial charge in [0.2, 0.25) is 5.88 Å². The monoisotopic (exact) mass is 414 g/mol. The Labute approximate surface area is 178 Å². The quantitative estimate of drug-likeness (QED) is 0.495. The van der Waals surface area contributed by atoms with E-state index in [2.05, 4.69) is 15.7 Å². The number of carbonyl (C=O) groups excluding carboxylic acids is 1. The van der Waals surface area contributed by atoms with E-state index in [4.69, 9.17) is 4.74 Å². The third-order valence-corrected chi connectivity index (χ3v) is 5.13. The lowest BCUT2D eigenvalue weighted by Crippen LogP contribution is -2.38. The van der Waals surface area contributed by atoms with Gasteiger partial charge in [0, 0.05) is 5.69 Å². The summed E-state index contributed by atoms with van der Waals surface area (Å²) in [7, 11) is 0. The van der Waals surface area contributed by atoms with Crippen LogP contribution in [0.5, 0.6) is 11.6 Å². The third kappa shape index (κ3) is 3.50. The van der Waals surface area contributed by atoms with Crippen LogP contribution in [0.1, 0.15) is 27.8 Å². The van der Waals surface area contributed by atoms with Crippen LogP contribution in [0.15, 0.2) is 78.9 Å². The summed E-state index contributed by atoms with van der Waals surface area (Å²) in [6.07, 6.45) is -0.546. The topological polar surface area (TPSA) is 68.2 Å². The minimum atomic E-state index is -0.546. The van der Waals surface area contributed by atoms with Gasteiger partial charge >= 0.3 is 0 Å². The van der Waals surface area contributed by atoms with Gasteiger partial charge in [0.25, 0.3) is 5.91 Å². The predicted molar refractivity (Wildman–Crippen MR) is 115 cm³/mol. The summed E-state index contributed by atoms with van der Waals surface area (Å²) < 4.78 is 21.3. The van der Waals surface area contributed by atoms with E-state index in [0.29, 0.717) is 28.5 Å². The normalized spacial score (nSPS) is 15.0. The lowest BCUT2D eigenvalue weighted by molar-refractivity contribution is 0.0935. The van der Waals surface area contributed by atoms with Gasteiger partial charge < -0.3 is 15.4 Å². The van der Waals surface area contributed by atoms with Gasteiger partial charge in [-0.1, -0.05) is 30.3 Å². The summed E-state index contributed by atoms with van der Waals surface area (Å²) >= 11 is 0. The number of aromatic nitrogens is 2. The SMILES string of the molecule is Cc1nn(-c2ccccc2)c(Oc2ccc(F)cc2)c1C1NC(=O)c2ccccc2N1. The molecular formula is C24H19FN4O2. The number of anilines is 1. The van der Waals surface area contributed by atoms with Gasteiger partial charge in [-0.25, -0.2) is 9.07 Å². The molecule has 0 fully saturated rings. The van der Waals surface area contributed by atoms with E-state index in [1.54, 1.807) is 22.9 Å². The standard InChI is InChI=1S/C24H19FN4O2/c1-15-21(22-26-20-10-6-5-9-19(20)23(30)27-22)24(31-18-13-11-16(25)12-14-18)29(28-15)17-7-3-2-4-8-17/h2-14,22,26H,1H3,(H,27,30). The molecule has 31 heavy (non-hydrogen) atoms. The van der Waals surface area contributed by atoms with E-state index < -0.39 is 6.17 Å². The predicted octanol–water partition coefficient (Wildman–Crippen LogP) is 4.97. The molecule has 4 aromatic rings. The van der Waals surface area contributed by atoms with Crippen LogP contribution in [-0.2, 0) is 0 Å². The molecule has 0 aliphatic carbocycles. The summed E-state index contributed by atoms with van der Waals surface area (Å²) in [6, 6.07) is 22.7. The van der Waals surface area contributed by atoms with Gasteiger partial charge in [0.1, 0.15) is 17.7 Å². The first-order chi connectivity index (χ1) is 15.1. The molecule has 1 aliphatic rings. The van der Waals surface area contributed by atoms with Gasteiger partial charge in [0.15, 0.2) is 0 Å². The number of rotatable bonds is 4. The fraction of sp³-hybridized carbons (Fsp3) is 0.0833. The van der Waals surface area contributed by atoms with Crippen molar-refractivity contribution in [3.63, 3.8) is 0 Å². The van der Waals surface area contributed by atoms with Crippen LogP contribution in [-0.4, -0.2) is 15.7 Å². The smallest absolute Gasteiger partial charge is 0.255 e. The molecule has 5 rings (SSSR count). The van der Waals surface area contributed by atoms with Gasteiger partial charge in [-0.3, -0.25) is 4.79 Å². The molecule has 1 aromatic heterocycles. The van der Waals surface area contributed by atoms with Crippen LogP contribution in [0.2, 0.25) is 0 Å². The van der Waals surface area contributed by atoms with Crippen molar-refractivity contribution in [2.75, 3.05) is 5.32 Å². The number of nitrogens with zero attached hydrogens (tertiary/aromatic N) is 2. The zero-order valence-corrected chi connectivity index (χ0v) is 16.7. The molecule has 1 aliphatic heterocycles. The number of para-hydroxylation sites is 2. The molecule has 6 nitrogen and oxygen atoms in total.